The third kappa shape index (κ3) is 1.85. The molecule has 5 rings (SSSR count). The molecule has 0 saturated carbocycles. The van der Waals surface area contributed by atoms with Crippen molar-refractivity contribution < 1.29 is 4.79 Å². The largest absolute Gasteiger partial charge is 0.351 e. The van der Waals surface area contributed by atoms with Crippen molar-refractivity contribution in [1.29, 1.82) is 0 Å². The van der Waals surface area contributed by atoms with Crippen LogP contribution >= 0.6 is 0 Å². The van der Waals surface area contributed by atoms with Crippen molar-refractivity contribution in [2.75, 3.05) is 4.90 Å². The van der Waals surface area contributed by atoms with Gasteiger partial charge in [-0.3, -0.25) is 4.90 Å². The Morgan fingerprint density at radius 2 is 1.40 bits per heavy atom. The number of anilines is 2. The third-order valence-corrected chi connectivity index (χ3v) is 4.74. The second-order valence-corrected chi connectivity index (χ2v) is 6.11. The summed E-state index contributed by atoms with van der Waals surface area (Å²) in [4.78, 5) is 13.9. The fraction of sp³-hybridized carbons (Fsp3) is 0. The molecule has 0 bridgehead atoms. The number of carbonyl (C=O) groups is 1. The minimum absolute atomic E-state index is 0.487. The predicted molar refractivity (Wildman–Crippen MR) is 100.0 cm³/mol. The number of rotatable bonds is 0. The number of nitrogens with two attached hydrogens (primary N) is 1. The number of aromatic nitrogens is 1. The van der Waals surface area contributed by atoms with Gasteiger partial charge in [0.1, 0.15) is 0 Å². The second-order valence-electron chi connectivity index (χ2n) is 6.11. The van der Waals surface area contributed by atoms with Crippen molar-refractivity contribution >= 4 is 22.9 Å². The van der Waals surface area contributed by atoms with E-state index >= 15 is 0 Å². The Bertz CT molecular complexity index is 1140. The van der Waals surface area contributed by atoms with Crippen molar-refractivity contribution in [1.82, 2.24) is 4.40 Å². The van der Waals surface area contributed by atoms with Crippen LogP contribution in [0.3, 0.4) is 0 Å². The van der Waals surface area contributed by atoms with Crippen molar-refractivity contribution in [2.45, 2.75) is 0 Å². The molecule has 4 heteroatoms. The summed E-state index contributed by atoms with van der Waals surface area (Å²) in [5, 5.41) is 0. The number of primary amides is 1. The molecule has 3 heterocycles. The minimum Gasteiger partial charge on any atom is -0.351 e. The van der Waals surface area contributed by atoms with Gasteiger partial charge in [0, 0.05) is 28.4 Å². The molecule has 25 heavy (non-hydrogen) atoms. The van der Waals surface area contributed by atoms with Crippen LogP contribution in [-0.4, -0.2) is 10.4 Å². The Labute approximate surface area is 144 Å². The standard InChI is InChI=1S/C21H15N3O/c22-21(25)24-18-10-3-1-8-15(18)17-13-14-7-5-6-12-23(14)20(17)16-9-2-4-11-19(16)24/h1-13H,(H2,22,25). The maximum absolute atomic E-state index is 12.3. The van der Waals surface area contributed by atoms with E-state index in [2.05, 4.69) is 16.5 Å². The summed E-state index contributed by atoms with van der Waals surface area (Å²) in [6, 6.07) is 23.6. The molecular weight excluding hydrogens is 310 g/mol. The fourth-order valence-corrected chi connectivity index (χ4v) is 3.74. The number of fused-ring (bicyclic) bond motifs is 7. The maximum Gasteiger partial charge on any atom is 0.323 e. The highest BCUT2D eigenvalue weighted by atomic mass is 16.2. The molecule has 4 aromatic rings. The predicted octanol–water partition coefficient (Wildman–Crippen LogP) is 4.80. The molecule has 2 aromatic heterocycles. The maximum atomic E-state index is 12.3. The lowest BCUT2D eigenvalue weighted by Crippen LogP contribution is -2.31. The molecule has 2 amide bonds. The number of nitrogens with zero attached hydrogens (tertiary/aromatic N) is 2. The van der Waals surface area contributed by atoms with Gasteiger partial charge in [0.15, 0.2) is 0 Å². The smallest absolute Gasteiger partial charge is 0.323 e. The Morgan fingerprint density at radius 1 is 0.760 bits per heavy atom. The Morgan fingerprint density at radius 3 is 2.16 bits per heavy atom. The molecule has 0 unspecified atom stereocenters. The van der Waals surface area contributed by atoms with Gasteiger partial charge in [-0.05, 0) is 30.3 Å². The van der Waals surface area contributed by atoms with Crippen LogP contribution < -0.4 is 10.6 Å². The lowest BCUT2D eigenvalue weighted by molar-refractivity contribution is 0.256. The molecule has 1 aliphatic heterocycles. The summed E-state index contributed by atoms with van der Waals surface area (Å²) >= 11 is 0. The first kappa shape index (κ1) is 13.9. The number of pyridine rings is 1. The van der Waals surface area contributed by atoms with Crippen LogP contribution in [0.1, 0.15) is 0 Å². The zero-order valence-corrected chi connectivity index (χ0v) is 13.4. The number of amides is 2. The van der Waals surface area contributed by atoms with Crippen molar-refractivity contribution in [3.8, 4) is 22.4 Å². The summed E-state index contributed by atoms with van der Waals surface area (Å²) in [6.45, 7) is 0. The first-order valence-corrected chi connectivity index (χ1v) is 8.14. The molecular formula is C21H15N3O. The van der Waals surface area contributed by atoms with E-state index in [4.69, 9.17) is 5.73 Å². The number of para-hydroxylation sites is 2. The quantitative estimate of drug-likeness (QED) is 0.496. The highest BCUT2D eigenvalue weighted by Gasteiger charge is 2.29. The van der Waals surface area contributed by atoms with Crippen molar-refractivity contribution in [3.05, 3.63) is 79.0 Å². The number of carbonyl (C=O) groups excluding carboxylic acids is 1. The molecule has 2 N–H and O–H groups in total. The van der Waals surface area contributed by atoms with Gasteiger partial charge in [0.25, 0.3) is 0 Å². The molecule has 0 radical (unpaired) electrons. The highest BCUT2D eigenvalue weighted by Crippen LogP contribution is 2.48. The zero-order valence-electron chi connectivity index (χ0n) is 13.4. The normalized spacial score (nSPS) is 12.2. The average Bonchev–Trinajstić information content (AvgIpc) is 2.96. The Balaban J connectivity index is 2.01. The van der Waals surface area contributed by atoms with Crippen LogP contribution in [0.2, 0.25) is 0 Å². The molecule has 2 aromatic carbocycles. The van der Waals surface area contributed by atoms with E-state index in [1.54, 1.807) is 4.90 Å². The Kier molecular flexibility index (Phi) is 2.76. The van der Waals surface area contributed by atoms with Crippen molar-refractivity contribution in [3.63, 3.8) is 0 Å². The van der Waals surface area contributed by atoms with E-state index in [0.29, 0.717) is 0 Å². The first-order chi connectivity index (χ1) is 12.3. The summed E-state index contributed by atoms with van der Waals surface area (Å²) in [6.07, 6.45) is 2.05. The van der Waals surface area contributed by atoms with Gasteiger partial charge in [-0.1, -0.05) is 42.5 Å². The highest BCUT2D eigenvalue weighted by molar-refractivity contribution is 6.10. The second kappa shape index (κ2) is 4.98. The van der Waals surface area contributed by atoms with Gasteiger partial charge >= 0.3 is 6.03 Å². The topological polar surface area (TPSA) is 50.7 Å². The van der Waals surface area contributed by atoms with Gasteiger partial charge < -0.3 is 10.1 Å². The first-order valence-electron chi connectivity index (χ1n) is 8.14. The molecule has 0 fully saturated rings. The summed E-state index contributed by atoms with van der Waals surface area (Å²) in [5.74, 6) is 0. The van der Waals surface area contributed by atoms with E-state index in [0.717, 1.165) is 39.3 Å². The van der Waals surface area contributed by atoms with Crippen LogP contribution in [-0.2, 0) is 0 Å². The Hall–Kier alpha value is -3.53. The monoisotopic (exact) mass is 325 g/mol. The van der Waals surface area contributed by atoms with E-state index < -0.39 is 6.03 Å². The van der Waals surface area contributed by atoms with Crippen LogP contribution in [0.15, 0.2) is 79.0 Å². The van der Waals surface area contributed by atoms with Gasteiger partial charge in [-0.2, -0.15) is 0 Å². The van der Waals surface area contributed by atoms with Crippen molar-refractivity contribution in [2.24, 2.45) is 5.73 Å². The fourth-order valence-electron chi connectivity index (χ4n) is 3.74. The lowest BCUT2D eigenvalue weighted by Gasteiger charge is -2.22. The lowest BCUT2D eigenvalue weighted by atomic mass is 10.0. The van der Waals surface area contributed by atoms with E-state index in [1.807, 2.05) is 66.9 Å². The number of hydrogen-bond donors (Lipinski definition) is 1. The van der Waals surface area contributed by atoms with E-state index in [9.17, 15) is 4.79 Å². The number of hydrogen-bond acceptors (Lipinski definition) is 1. The van der Waals surface area contributed by atoms with Gasteiger partial charge in [0.05, 0.1) is 17.1 Å². The molecule has 120 valence electrons. The van der Waals surface area contributed by atoms with Crippen LogP contribution in [0.5, 0.6) is 0 Å². The van der Waals surface area contributed by atoms with Crippen LogP contribution in [0.4, 0.5) is 16.2 Å². The van der Waals surface area contributed by atoms with Crippen LogP contribution in [0.25, 0.3) is 27.9 Å². The summed E-state index contributed by atoms with van der Waals surface area (Å²) in [5.41, 5.74) is 12.6. The zero-order chi connectivity index (χ0) is 17.0. The number of urea groups is 1. The molecule has 1 aliphatic rings. The molecule has 0 atom stereocenters. The average molecular weight is 325 g/mol. The van der Waals surface area contributed by atoms with Gasteiger partial charge in [-0.15, -0.1) is 0 Å². The molecule has 4 nitrogen and oxygen atoms in total. The van der Waals surface area contributed by atoms with Gasteiger partial charge in [0.2, 0.25) is 0 Å². The molecule has 0 spiro atoms. The van der Waals surface area contributed by atoms with Crippen LogP contribution in [0, 0.1) is 0 Å². The third-order valence-electron chi connectivity index (χ3n) is 4.74. The van der Waals surface area contributed by atoms with E-state index in [1.165, 1.54) is 0 Å². The molecule has 0 aliphatic carbocycles. The number of benzene rings is 2. The minimum atomic E-state index is -0.487. The summed E-state index contributed by atoms with van der Waals surface area (Å²) in [7, 11) is 0. The SMILES string of the molecule is NC(=O)N1c2ccccc2-c2cc3ccccn3c2-c2ccccc21. The summed E-state index contributed by atoms with van der Waals surface area (Å²) < 4.78 is 2.16. The molecule has 0 saturated heterocycles. The van der Waals surface area contributed by atoms with E-state index in [-0.39, 0.29) is 0 Å². The van der Waals surface area contributed by atoms with Gasteiger partial charge in [-0.25, -0.2) is 4.79 Å².